The van der Waals surface area contributed by atoms with Gasteiger partial charge in [0.1, 0.15) is 0 Å². The van der Waals surface area contributed by atoms with Gasteiger partial charge in [-0.1, -0.05) is 154 Å². The van der Waals surface area contributed by atoms with E-state index in [-0.39, 0.29) is 5.41 Å². The predicted octanol–water partition coefficient (Wildman–Crippen LogP) is 11.6. The first kappa shape index (κ1) is 31.4. The van der Waals surface area contributed by atoms with Crippen LogP contribution in [0.1, 0.15) is 68.5 Å². The summed E-state index contributed by atoms with van der Waals surface area (Å²) in [6.07, 6.45) is 11.7. The van der Waals surface area contributed by atoms with Crippen LogP contribution in [0.4, 0.5) is 0 Å². The molecule has 5 aromatic carbocycles. The minimum Gasteiger partial charge on any atom is -0.208 e. The lowest BCUT2D eigenvalue weighted by molar-refractivity contribution is 0.503. The van der Waals surface area contributed by atoms with Crippen molar-refractivity contribution in [3.63, 3.8) is 0 Å². The van der Waals surface area contributed by atoms with Crippen molar-refractivity contribution in [2.24, 2.45) is 0 Å². The quantitative estimate of drug-likeness (QED) is 0.165. The molecular weight excluding hydrogens is 609 g/mol. The van der Waals surface area contributed by atoms with Crippen molar-refractivity contribution in [1.29, 1.82) is 5.26 Å². The standard InChI is InChI=1S/C46H38N4/c1-3-4-29-46(2)40-20-12-18-38(41(40)39-19-11-17-37(30-47)42(39)46)33-23-27-36(28-24-33)45-49-43(34-15-9-6-10-16-34)48-44(50-45)35-25-21-32(22-26-35)31-13-7-5-8-14-31/h5,7-9,11-28H,3-4,6,10,29H2,1-2H3. The Balaban J connectivity index is 1.20. The highest BCUT2D eigenvalue weighted by Gasteiger charge is 2.41. The van der Waals surface area contributed by atoms with Crippen LogP contribution in [-0.2, 0) is 5.41 Å². The Morgan fingerprint density at radius 3 is 1.92 bits per heavy atom. The minimum atomic E-state index is -0.206. The third kappa shape index (κ3) is 5.55. The average Bonchev–Trinajstić information content (AvgIpc) is 3.46. The molecule has 8 rings (SSSR count). The summed E-state index contributed by atoms with van der Waals surface area (Å²) in [5, 5.41) is 10.1. The van der Waals surface area contributed by atoms with Gasteiger partial charge >= 0.3 is 0 Å². The molecule has 1 aromatic heterocycles. The molecular formula is C46H38N4. The van der Waals surface area contributed by atoms with Crippen LogP contribution in [0.2, 0.25) is 0 Å². The van der Waals surface area contributed by atoms with Crippen LogP contribution in [-0.4, -0.2) is 15.0 Å². The molecule has 4 heteroatoms. The van der Waals surface area contributed by atoms with Gasteiger partial charge in [-0.15, -0.1) is 0 Å². The van der Waals surface area contributed by atoms with Crippen molar-refractivity contribution in [2.45, 2.75) is 51.4 Å². The second-order valence-corrected chi connectivity index (χ2v) is 13.5. The van der Waals surface area contributed by atoms with Crippen LogP contribution in [0, 0.1) is 11.3 Å². The molecule has 2 aliphatic rings. The van der Waals surface area contributed by atoms with Gasteiger partial charge in [0.05, 0.1) is 11.6 Å². The Hall–Kier alpha value is -5.92. The number of nitrogens with zero attached hydrogens (tertiary/aromatic N) is 4. The van der Waals surface area contributed by atoms with Crippen LogP contribution in [0.25, 0.3) is 61.7 Å². The number of unbranched alkanes of at least 4 members (excludes halogenated alkanes) is 1. The molecule has 0 radical (unpaired) electrons. The summed E-state index contributed by atoms with van der Waals surface area (Å²) >= 11 is 0. The summed E-state index contributed by atoms with van der Waals surface area (Å²) in [5.41, 5.74) is 13.0. The molecule has 6 aromatic rings. The van der Waals surface area contributed by atoms with E-state index in [1.165, 1.54) is 33.4 Å². The Morgan fingerprint density at radius 1 is 0.640 bits per heavy atom. The normalized spacial score (nSPS) is 16.0. The van der Waals surface area contributed by atoms with E-state index in [1.54, 1.807) is 0 Å². The SMILES string of the molecule is CCCCC1(C)c2cccc(-c3ccc(-c4nc(C5=CCCC=C5)nc(-c5ccc(-c6ccccc6)cc5)n4)cc3)c2-c2cccc(C#N)c21. The smallest absolute Gasteiger partial charge is 0.164 e. The molecule has 1 unspecified atom stereocenters. The summed E-state index contributed by atoms with van der Waals surface area (Å²) in [6.45, 7) is 4.56. The lowest BCUT2D eigenvalue weighted by atomic mass is 9.74. The Kier molecular flexibility index (Phi) is 8.26. The first-order chi connectivity index (χ1) is 24.6. The molecule has 0 fully saturated rings. The Bertz CT molecular complexity index is 2310. The Labute approximate surface area is 294 Å². The van der Waals surface area contributed by atoms with Crippen molar-refractivity contribution >= 4 is 5.57 Å². The Morgan fingerprint density at radius 2 is 1.26 bits per heavy atom. The van der Waals surface area contributed by atoms with Gasteiger partial charge in [0.25, 0.3) is 0 Å². The van der Waals surface area contributed by atoms with Crippen LogP contribution >= 0.6 is 0 Å². The highest BCUT2D eigenvalue weighted by atomic mass is 15.0. The monoisotopic (exact) mass is 646 g/mol. The summed E-state index contributed by atoms with van der Waals surface area (Å²) in [5.74, 6) is 2.00. The fraction of sp³-hybridized carbons (Fsp3) is 0.174. The van der Waals surface area contributed by atoms with Crippen LogP contribution < -0.4 is 0 Å². The molecule has 50 heavy (non-hydrogen) atoms. The number of allylic oxidation sites excluding steroid dienone is 4. The highest BCUT2D eigenvalue weighted by Crippen LogP contribution is 2.55. The zero-order valence-corrected chi connectivity index (χ0v) is 28.5. The van der Waals surface area contributed by atoms with Gasteiger partial charge in [-0.05, 0) is 69.8 Å². The number of rotatable bonds is 8. The van der Waals surface area contributed by atoms with Gasteiger partial charge in [-0.3, -0.25) is 0 Å². The topological polar surface area (TPSA) is 62.5 Å². The van der Waals surface area contributed by atoms with E-state index in [2.05, 4.69) is 135 Å². The van der Waals surface area contributed by atoms with Gasteiger partial charge in [0.15, 0.2) is 17.5 Å². The van der Waals surface area contributed by atoms with Crippen molar-refractivity contribution in [1.82, 2.24) is 15.0 Å². The predicted molar refractivity (Wildman–Crippen MR) is 204 cm³/mol. The lowest BCUT2D eigenvalue weighted by Gasteiger charge is -2.28. The van der Waals surface area contributed by atoms with E-state index in [9.17, 15) is 5.26 Å². The summed E-state index contributed by atoms with van der Waals surface area (Å²) in [6, 6.07) is 42.8. The van der Waals surface area contributed by atoms with E-state index in [0.29, 0.717) is 17.5 Å². The van der Waals surface area contributed by atoms with Crippen molar-refractivity contribution in [2.75, 3.05) is 0 Å². The molecule has 0 saturated carbocycles. The van der Waals surface area contributed by atoms with E-state index < -0.39 is 0 Å². The first-order valence-electron chi connectivity index (χ1n) is 17.6. The van der Waals surface area contributed by atoms with Gasteiger partial charge in [0.2, 0.25) is 0 Å². The zero-order valence-electron chi connectivity index (χ0n) is 28.5. The molecule has 0 amide bonds. The van der Waals surface area contributed by atoms with E-state index in [1.807, 2.05) is 18.2 Å². The van der Waals surface area contributed by atoms with Crippen LogP contribution in [0.15, 0.2) is 133 Å². The second-order valence-electron chi connectivity index (χ2n) is 13.5. The fourth-order valence-electron chi connectivity index (χ4n) is 7.70. The number of benzene rings is 5. The molecule has 4 nitrogen and oxygen atoms in total. The second kappa shape index (κ2) is 13.2. The summed E-state index contributed by atoms with van der Waals surface area (Å²) in [7, 11) is 0. The van der Waals surface area contributed by atoms with Gasteiger partial charge < -0.3 is 0 Å². The number of hydrogen-bond donors (Lipinski definition) is 0. The number of nitriles is 1. The largest absolute Gasteiger partial charge is 0.208 e. The fourth-order valence-corrected chi connectivity index (χ4v) is 7.70. The molecule has 242 valence electrons. The summed E-state index contributed by atoms with van der Waals surface area (Å²) in [4.78, 5) is 15.0. The lowest BCUT2D eigenvalue weighted by Crippen LogP contribution is -2.21. The minimum absolute atomic E-state index is 0.206. The van der Waals surface area contributed by atoms with Gasteiger partial charge in [-0.2, -0.15) is 5.26 Å². The van der Waals surface area contributed by atoms with Gasteiger partial charge in [-0.25, -0.2) is 15.0 Å². The first-order valence-corrected chi connectivity index (χ1v) is 17.6. The van der Waals surface area contributed by atoms with Crippen molar-refractivity contribution in [3.8, 4) is 62.2 Å². The molecule has 1 atom stereocenters. The zero-order chi connectivity index (χ0) is 34.1. The maximum Gasteiger partial charge on any atom is 0.164 e. The number of fused-ring (bicyclic) bond motifs is 3. The van der Waals surface area contributed by atoms with Crippen molar-refractivity contribution in [3.05, 3.63) is 156 Å². The maximum atomic E-state index is 10.1. The molecule has 0 spiro atoms. The molecule has 1 heterocycles. The van der Waals surface area contributed by atoms with Crippen LogP contribution in [0.5, 0.6) is 0 Å². The third-order valence-corrected chi connectivity index (χ3v) is 10.3. The molecule has 0 N–H and O–H groups in total. The van der Waals surface area contributed by atoms with E-state index >= 15 is 0 Å². The molecule has 0 bridgehead atoms. The van der Waals surface area contributed by atoms with Crippen LogP contribution in [0.3, 0.4) is 0 Å². The number of hydrogen-bond acceptors (Lipinski definition) is 4. The van der Waals surface area contributed by atoms with E-state index in [4.69, 9.17) is 15.0 Å². The maximum absolute atomic E-state index is 10.1. The average molecular weight is 647 g/mol. The molecule has 0 aliphatic heterocycles. The van der Waals surface area contributed by atoms with Crippen molar-refractivity contribution < 1.29 is 0 Å². The highest BCUT2D eigenvalue weighted by molar-refractivity contribution is 5.94. The van der Waals surface area contributed by atoms with Gasteiger partial charge in [0, 0.05) is 22.1 Å². The third-order valence-electron chi connectivity index (χ3n) is 10.3. The molecule has 0 saturated heterocycles. The molecule has 2 aliphatic carbocycles. The van der Waals surface area contributed by atoms with E-state index in [0.717, 1.165) is 65.5 Å². The number of aromatic nitrogens is 3. The summed E-state index contributed by atoms with van der Waals surface area (Å²) < 4.78 is 0.